The van der Waals surface area contributed by atoms with Crippen LogP contribution in [0.2, 0.25) is 0 Å². The molecule has 7 heterocycles. The van der Waals surface area contributed by atoms with E-state index in [1.165, 1.54) is 12.1 Å². The van der Waals surface area contributed by atoms with E-state index in [0.29, 0.717) is 68.7 Å². The van der Waals surface area contributed by atoms with E-state index in [9.17, 15) is 28.7 Å². The smallest absolute Gasteiger partial charge is 0.320 e. The third-order valence-corrected chi connectivity index (χ3v) is 12.8. The number of carbonyl (C=O) groups is 4. The minimum atomic E-state index is -0.712. The van der Waals surface area contributed by atoms with Crippen LogP contribution in [-0.4, -0.2) is 142 Å². The molecule has 0 bridgehead atoms. The van der Waals surface area contributed by atoms with Gasteiger partial charge in [0.05, 0.1) is 23.0 Å². The number of hydrogen-bond donors (Lipinski definition) is 3. The SMILES string of the molecule is CC1(C)CN(CC2CCN(c3ccc4c(c3)C(=O)N([C@H]3CCC(=O)NC3=O)C4)CC2)CCN1C(=O)N1CCN2c3cc(-c4cccc(F)c4O)nnc3NC[C@@H]2C1. The Morgan fingerprint density at radius 2 is 1.77 bits per heavy atom. The molecule has 9 rings (SSSR count). The Hall–Kier alpha value is -5.51. The van der Waals surface area contributed by atoms with Crippen molar-refractivity contribution in [3.8, 4) is 17.0 Å². The second-order valence-corrected chi connectivity index (χ2v) is 16.9. The Kier molecular flexibility index (Phi) is 9.41. The molecule has 2 aromatic carbocycles. The minimum Gasteiger partial charge on any atom is -0.504 e. The van der Waals surface area contributed by atoms with Crippen molar-refractivity contribution in [2.45, 2.75) is 63.7 Å². The van der Waals surface area contributed by atoms with Gasteiger partial charge in [0.15, 0.2) is 17.4 Å². The van der Waals surface area contributed by atoms with Crippen LogP contribution in [0.5, 0.6) is 5.75 Å². The Morgan fingerprint density at radius 1 is 0.947 bits per heavy atom. The van der Waals surface area contributed by atoms with Crippen molar-refractivity contribution in [1.82, 2.24) is 35.1 Å². The summed E-state index contributed by atoms with van der Waals surface area (Å²) in [5, 5.41) is 24.6. The van der Waals surface area contributed by atoms with Crippen molar-refractivity contribution < 1.29 is 28.7 Å². The minimum absolute atomic E-state index is 0.0217. The average molecular weight is 781 g/mol. The monoisotopic (exact) mass is 780 g/mol. The molecule has 1 aromatic heterocycles. The number of aromatic hydroxyl groups is 1. The zero-order chi connectivity index (χ0) is 39.6. The van der Waals surface area contributed by atoms with Gasteiger partial charge < -0.3 is 34.9 Å². The number of fused-ring (bicyclic) bond motifs is 4. The van der Waals surface area contributed by atoms with E-state index >= 15 is 0 Å². The molecule has 2 atom stereocenters. The van der Waals surface area contributed by atoms with E-state index in [4.69, 9.17) is 0 Å². The number of hydrogen-bond acceptors (Lipinski definition) is 11. The average Bonchev–Trinajstić information content (AvgIpc) is 3.53. The number of urea groups is 1. The molecule has 0 saturated carbocycles. The number of phenols is 1. The highest BCUT2D eigenvalue weighted by molar-refractivity contribution is 6.05. The normalized spacial score (nSPS) is 23.8. The molecule has 16 heteroatoms. The van der Waals surface area contributed by atoms with Crippen molar-refractivity contribution in [2.75, 3.05) is 80.6 Å². The molecule has 4 fully saturated rings. The second-order valence-electron chi connectivity index (χ2n) is 16.9. The number of piperazine rings is 2. The molecule has 3 aromatic rings. The maximum absolute atomic E-state index is 14.1. The Labute approximate surface area is 330 Å². The molecule has 15 nitrogen and oxygen atoms in total. The van der Waals surface area contributed by atoms with Crippen molar-refractivity contribution in [3.63, 3.8) is 0 Å². The molecule has 3 N–H and O–H groups in total. The number of halogens is 1. The predicted molar refractivity (Wildman–Crippen MR) is 210 cm³/mol. The van der Waals surface area contributed by atoms with Gasteiger partial charge in [-0.3, -0.25) is 24.6 Å². The van der Waals surface area contributed by atoms with Crippen molar-refractivity contribution in [3.05, 3.63) is 59.4 Å². The molecule has 0 spiro atoms. The fraction of sp³-hybridized carbons (Fsp3) is 0.512. The molecule has 6 aliphatic heterocycles. The standard InChI is InChI=1S/C41H49FN10O5/c1-41(2)24-47(21-25-10-12-48(13-11-25)27-7-6-26-22-51(39(56)30(26)18-27)33-8-9-35(53)44-38(33)55)14-17-52(41)40(57)49-15-16-50-28(23-49)20-43-37-34(50)19-32(45-46-37)29-4-3-5-31(42)36(29)54/h3-7,18-19,25,28,33,54H,8-17,20-24H2,1-2H3,(H,43,46)(H,44,53,55)/t28-,33+/m1/s1. The molecule has 6 aliphatic rings. The molecule has 300 valence electrons. The Balaban J connectivity index is 0.771. The van der Waals surface area contributed by atoms with Gasteiger partial charge in [-0.1, -0.05) is 12.1 Å². The largest absolute Gasteiger partial charge is 0.504 e. The van der Waals surface area contributed by atoms with Crippen molar-refractivity contribution in [2.24, 2.45) is 5.92 Å². The number of aromatic nitrogens is 2. The molecule has 57 heavy (non-hydrogen) atoms. The van der Waals surface area contributed by atoms with Crippen LogP contribution >= 0.6 is 0 Å². The van der Waals surface area contributed by atoms with Crippen LogP contribution in [-0.2, 0) is 16.1 Å². The second kappa shape index (κ2) is 14.5. The number of imide groups is 1. The summed E-state index contributed by atoms with van der Waals surface area (Å²) in [6.45, 7) is 12.1. The van der Waals surface area contributed by atoms with E-state index < -0.39 is 23.5 Å². The summed E-state index contributed by atoms with van der Waals surface area (Å²) in [6, 6.07) is 11.7. The van der Waals surface area contributed by atoms with Gasteiger partial charge in [-0.05, 0) is 74.9 Å². The lowest BCUT2D eigenvalue weighted by Crippen LogP contribution is -2.67. The highest BCUT2D eigenvalue weighted by Crippen LogP contribution is 2.38. The van der Waals surface area contributed by atoms with Crippen LogP contribution < -0.4 is 20.4 Å². The molecule has 0 radical (unpaired) electrons. The number of rotatable bonds is 5. The van der Waals surface area contributed by atoms with E-state index in [1.807, 2.05) is 28.0 Å². The molecular formula is C41H49FN10O5. The van der Waals surface area contributed by atoms with Gasteiger partial charge in [0, 0.05) is 95.2 Å². The fourth-order valence-electron chi connectivity index (χ4n) is 9.73. The van der Waals surface area contributed by atoms with Gasteiger partial charge in [0.1, 0.15) is 6.04 Å². The Bertz CT molecular complexity index is 2120. The van der Waals surface area contributed by atoms with Crippen molar-refractivity contribution in [1.29, 1.82) is 0 Å². The number of benzene rings is 2. The maximum atomic E-state index is 14.1. The van der Waals surface area contributed by atoms with E-state index in [1.54, 1.807) is 11.0 Å². The van der Waals surface area contributed by atoms with Crippen LogP contribution in [0.1, 0.15) is 55.5 Å². The van der Waals surface area contributed by atoms with Gasteiger partial charge in [-0.15, -0.1) is 10.2 Å². The third-order valence-electron chi connectivity index (χ3n) is 12.8. The number of amides is 5. The zero-order valence-corrected chi connectivity index (χ0v) is 32.4. The summed E-state index contributed by atoms with van der Waals surface area (Å²) >= 11 is 0. The highest BCUT2D eigenvalue weighted by Gasteiger charge is 2.43. The van der Waals surface area contributed by atoms with Crippen LogP contribution in [0.25, 0.3) is 11.3 Å². The lowest BCUT2D eigenvalue weighted by molar-refractivity contribution is -0.136. The summed E-state index contributed by atoms with van der Waals surface area (Å²) in [4.78, 5) is 64.3. The zero-order valence-electron chi connectivity index (χ0n) is 32.4. The first-order valence-corrected chi connectivity index (χ1v) is 20.1. The van der Waals surface area contributed by atoms with E-state index in [0.717, 1.165) is 62.5 Å². The first-order chi connectivity index (χ1) is 27.4. The highest BCUT2D eigenvalue weighted by atomic mass is 19.1. The fourth-order valence-corrected chi connectivity index (χ4v) is 9.73. The van der Waals surface area contributed by atoms with Crippen LogP contribution in [0.4, 0.5) is 26.4 Å². The van der Waals surface area contributed by atoms with E-state index in [2.05, 4.69) is 55.4 Å². The maximum Gasteiger partial charge on any atom is 0.320 e. The summed E-state index contributed by atoms with van der Waals surface area (Å²) < 4.78 is 14.1. The van der Waals surface area contributed by atoms with Gasteiger partial charge >= 0.3 is 6.03 Å². The predicted octanol–water partition coefficient (Wildman–Crippen LogP) is 3.10. The molecule has 0 unspecified atom stereocenters. The first-order valence-electron chi connectivity index (χ1n) is 20.1. The Morgan fingerprint density at radius 3 is 2.56 bits per heavy atom. The molecule has 4 saturated heterocycles. The molecular weight excluding hydrogens is 732 g/mol. The van der Waals surface area contributed by atoms with Gasteiger partial charge in [0.2, 0.25) is 11.8 Å². The number of piperidine rings is 2. The van der Waals surface area contributed by atoms with Gasteiger partial charge in [-0.25, -0.2) is 9.18 Å². The van der Waals surface area contributed by atoms with Crippen molar-refractivity contribution >= 4 is 40.9 Å². The number of nitrogens with one attached hydrogen (secondary N) is 2. The number of anilines is 3. The first kappa shape index (κ1) is 37.1. The molecule has 0 aliphatic carbocycles. The summed E-state index contributed by atoms with van der Waals surface area (Å²) in [6.07, 6.45) is 2.66. The topological polar surface area (TPSA) is 158 Å². The summed E-state index contributed by atoms with van der Waals surface area (Å²) in [5.74, 6) is -0.832. The lowest BCUT2D eigenvalue weighted by atomic mass is 9.93. The molecule has 5 amide bonds. The number of carbonyl (C=O) groups excluding carboxylic acids is 4. The van der Waals surface area contributed by atoms with Crippen LogP contribution in [0, 0.1) is 11.7 Å². The van der Waals surface area contributed by atoms with Crippen LogP contribution in [0.3, 0.4) is 0 Å². The quantitative estimate of drug-likeness (QED) is 0.327. The number of phenolic OH excluding ortho intramolecular Hbond substituents is 1. The summed E-state index contributed by atoms with van der Waals surface area (Å²) in [5.41, 5.74) is 3.73. The number of para-hydroxylation sites is 1. The van der Waals surface area contributed by atoms with Gasteiger partial charge in [0.25, 0.3) is 5.91 Å². The van der Waals surface area contributed by atoms with Gasteiger partial charge in [-0.2, -0.15) is 0 Å². The number of nitrogens with zero attached hydrogens (tertiary/aromatic N) is 8. The third kappa shape index (κ3) is 6.87. The van der Waals surface area contributed by atoms with Crippen LogP contribution in [0.15, 0.2) is 42.5 Å². The lowest BCUT2D eigenvalue weighted by Gasteiger charge is -2.51. The summed E-state index contributed by atoms with van der Waals surface area (Å²) in [7, 11) is 0. The van der Waals surface area contributed by atoms with E-state index in [-0.39, 0.29) is 41.4 Å².